The molecule has 0 saturated heterocycles. The van der Waals surface area contributed by atoms with Crippen LogP contribution in [0.5, 0.6) is 0 Å². The lowest BCUT2D eigenvalue weighted by atomic mass is 10.4. The van der Waals surface area contributed by atoms with E-state index >= 15 is 0 Å². The zero-order valence-corrected chi connectivity index (χ0v) is 10.3. The van der Waals surface area contributed by atoms with Gasteiger partial charge in [0.2, 0.25) is 0 Å². The predicted octanol–water partition coefficient (Wildman–Crippen LogP) is 3.91. The fourth-order valence-electron chi connectivity index (χ4n) is 1.40. The van der Waals surface area contributed by atoms with Gasteiger partial charge in [-0.15, -0.1) is 22.9 Å². The lowest BCUT2D eigenvalue weighted by Crippen LogP contribution is -2.04. The quantitative estimate of drug-likeness (QED) is 0.763. The Kier molecular flexibility index (Phi) is 3.18. The van der Waals surface area contributed by atoms with Crippen molar-refractivity contribution in [3.8, 4) is 10.7 Å². The molecular weight excluding hydrogens is 273 g/mol. The Morgan fingerprint density at radius 1 is 1.41 bits per heavy atom. The summed E-state index contributed by atoms with van der Waals surface area (Å²) in [5.74, 6) is 0.653. The first-order valence-electron chi connectivity index (χ1n) is 4.67. The van der Waals surface area contributed by atoms with Crippen LogP contribution in [-0.4, -0.2) is 9.55 Å². The third-order valence-electron chi connectivity index (χ3n) is 2.18. The average Bonchev–Trinajstić information content (AvgIpc) is 2.82. The van der Waals surface area contributed by atoms with E-state index in [1.165, 1.54) is 23.0 Å². The summed E-state index contributed by atoms with van der Waals surface area (Å²) in [6, 6.07) is 3.51. The molecule has 0 N–H and O–H groups in total. The molecule has 0 bridgehead atoms. The number of hydrogen-bond acceptors (Lipinski definition) is 2. The summed E-state index contributed by atoms with van der Waals surface area (Å²) < 4.78 is 38.8. The van der Waals surface area contributed by atoms with E-state index in [1.54, 1.807) is 12.1 Å². The van der Waals surface area contributed by atoms with Crippen LogP contribution in [0.3, 0.4) is 0 Å². The number of halogens is 4. The highest BCUT2D eigenvalue weighted by Crippen LogP contribution is 2.33. The standard InChI is InChI=1S/C10H8ClF3N2S/c1-16-5-8(10(12,13)14)15-9(16)7-3-2-6(4-11)17-7/h2-3,5H,4H2,1H3. The molecule has 2 rings (SSSR count). The molecule has 92 valence electrons. The maximum atomic E-state index is 12.5. The van der Waals surface area contributed by atoms with E-state index in [-0.39, 0.29) is 0 Å². The summed E-state index contributed by atoms with van der Waals surface area (Å²) in [6.07, 6.45) is -3.43. The minimum Gasteiger partial charge on any atom is -0.333 e. The largest absolute Gasteiger partial charge is 0.434 e. The van der Waals surface area contributed by atoms with Crippen molar-refractivity contribution in [3.63, 3.8) is 0 Å². The fourth-order valence-corrected chi connectivity index (χ4v) is 2.54. The van der Waals surface area contributed by atoms with Crippen molar-refractivity contribution in [2.24, 2.45) is 7.05 Å². The second-order valence-electron chi connectivity index (χ2n) is 3.46. The smallest absolute Gasteiger partial charge is 0.333 e. The summed E-state index contributed by atoms with van der Waals surface area (Å²) in [5, 5.41) is 0. The number of rotatable bonds is 2. The van der Waals surface area contributed by atoms with Crippen molar-refractivity contribution in [2.75, 3.05) is 0 Å². The number of thiophene rings is 1. The average molecular weight is 281 g/mol. The zero-order chi connectivity index (χ0) is 12.6. The van der Waals surface area contributed by atoms with Gasteiger partial charge in [-0.2, -0.15) is 13.2 Å². The normalized spacial score (nSPS) is 12.1. The van der Waals surface area contributed by atoms with Crippen molar-refractivity contribution < 1.29 is 13.2 Å². The summed E-state index contributed by atoms with van der Waals surface area (Å²) in [6.45, 7) is 0. The van der Waals surface area contributed by atoms with Crippen molar-refractivity contribution in [1.82, 2.24) is 9.55 Å². The van der Waals surface area contributed by atoms with Crippen LogP contribution in [-0.2, 0) is 19.1 Å². The van der Waals surface area contributed by atoms with Crippen molar-refractivity contribution in [3.05, 3.63) is 28.9 Å². The molecule has 0 amide bonds. The molecule has 2 aromatic rings. The van der Waals surface area contributed by atoms with E-state index in [0.29, 0.717) is 16.6 Å². The number of hydrogen-bond donors (Lipinski definition) is 0. The Bertz CT molecular complexity index is 530. The molecule has 0 fully saturated rings. The molecule has 2 aromatic heterocycles. The molecule has 0 spiro atoms. The number of aryl methyl sites for hydroxylation is 1. The van der Waals surface area contributed by atoms with E-state index in [1.807, 2.05) is 0 Å². The summed E-state index contributed by atoms with van der Waals surface area (Å²) in [7, 11) is 1.54. The highest BCUT2D eigenvalue weighted by molar-refractivity contribution is 7.15. The third kappa shape index (κ3) is 2.47. The highest BCUT2D eigenvalue weighted by atomic mass is 35.5. The first-order chi connectivity index (χ1) is 7.91. The summed E-state index contributed by atoms with van der Waals surface area (Å²) >= 11 is 6.99. The van der Waals surface area contributed by atoms with Gasteiger partial charge in [-0.1, -0.05) is 0 Å². The van der Waals surface area contributed by atoms with Crippen LogP contribution in [0.4, 0.5) is 13.2 Å². The second kappa shape index (κ2) is 4.34. The number of nitrogens with zero attached hydrogens (tertiary/aromatic N) is 2. The first kappa shape index (κ1) is 12.4. The van der Waals surface area contributed by atoms with Gasteiger partial charge in [0, 0.05) is 18.1 Å². The number of imidazole rings is 1. The van der Waals surface area contributed by atoms with Gasteiger partial charge in [-0.3, -0.25) is 0 Å². The van der Waals surface area contributed by atoms with Gasteiger partial charge in [0.15, 0.2) is 5.69 Å². The van der Waals surface area contributed by atoms with E-state index in [4.69, 9.17) is 11.6 Å². The van der Waals surface area contributed by atoms with Crippen LogP contribution in [0.25, 0.3) is 10.7 Å². The van der Waals surface area contributed by atoms with E-state index in [9.17, 15) is 13.2 Å². The van der Waals surface area contributed by atoms with Crippen LogP contribution < -0.4 is 0 Å². The van der Waals surface area contributed by atoms with E-state index in [2.05, 4.69) is 4.98 Å². The maximum Gasteiger partial charge on any atom is 0.434 e. The Morgan fingerprint density at radius 2 is 2.12 bits per heavy atom. The van der Waals surface area contributed by atoms with Crippen LogP contribution in [0, 0.1) is 0 Å². The molecule has 0 unspecified atom stereocenters. The molecule has 0 atom stereocenters. The SMILES string of the molecule is Cn1cc(C(F)(F)F)nc1-c1ccc(CCl)s1. The molecule has 2 heterocycles. The molecule has 0 aliphatic heterocycles. The van der Waals surface area contributed by atoms with E-state index < -0.39 is 11.9 Å². The first-order valence-corrected chi connectivity index (χ1v) is 6.02. The lowest BCUT2D eigenvalue weighted by molar-refractivity contribution is -0.140. The summed E-state index contributed by atoms with van der Waals surface area (Å²) in [4.78, 5) is 5.18. The molecule has 0 aliphatic carbocycles. The molecule has 7 heteroatoms. The molecule has 0 aliphatic rings. The Morgan fingerprint density at radius 3 is 2.59 bits per heavy atom. The van der Waals surface area contributed by atoms with Gasteiger partial charge in [-0.25, -0.2) is 4.98 Å². The molecule has 0 aromatic carbocycles. The molecule has 0 saturated carbocycles. The number of alkyl halides is 4. The molecule has 0 radical (unpaired) electrons. The molecule has 17 heavy (non-hydrogen) atoms. The predicted molar refractivity (Wildman–Crippen MR) is 61.1 cm³/mol. The monoisotopic (exact) mass is 280 g/mol. The Hall–Kier alpha value is -1.01. The van der Waals surface area contributed by atoms with Gasteiger partial charge in [0.05, 0.1) is 10.8 Å². The molecular formula is C10H8ClF3N2S. The topological polar surface area (TPSA) is 17.8 Å². The van der Waals surface area contributed by atoms with Gasteiger partial charge in [0.25, 0.3) is 0 Å². The summed E-state index contributed by atoms with van der Waals surface area (Å²) in [5.41, 5.74) is -0.879. The zero-order valence-electron chi connectivity index (χ0n) is 8.75. The van der Waals surface area contributed by atoms with Gasteiger partial charge >= 0.3 is 6.18 Å². The van der Waals surface area contributed by atoms with Crippen molar-refractivity contribution in [1.29, 1.82) is 0 Å². The third-order valence-corrected chi connectivity index (χ3v) is 3.71. The maximum absolute atomic E-state index is 12.5. The lowest BCUT2D eigenvalue weighted by Gasteiger charge is -1.99. The van der Waals surface area contributed by atoms with E-state index in [0.717, 1.165) is 11.1 Å². The van der Waals surface area contributed by atoms with Crippen LogP contribution in [0.15, 0.2) is 18.3 Å². The van der Waals surface area contributed by atoms with Crippen LogP contribution in [0.1, 0.15) is 10.6 Å². The second-order valence-corrected chi connectivity index (χ2v) is 4.89. The molecule has 2 nitrogen and oxygen atoms in total. The Balaban J connectivity index is 2.42. The minimum absolute atomic E-state index is 0.304. The van der Waals surface area contributed by atoms with Gasteiger partial charge in [-0.05, 0) is 12.1 Å². The van der Waals surface area contributed by atoms with Crippen LogP contribution >= 0.6 is 22.9 Å². The fraction of sp³-hybridized carbons (Fsp3) is 0.300. The number of aromatic nitrogens is 2. The van der Waals surface area contributed by atoms with Crippen molar-refractivity contribution >= 4 is 22.9 Å². The Labute approximate surface area is 105 Å². The van der Waals surface area contributed by atoms with Crippen LogP contribution in [0.2, 0.25) is 0 Å². The minimum atomic E-state index is -4.41. The van der Waals surface area contributed by atoms with Gasteiger partial charge in [0.1, 0.15) is 5.82 Å². The highest BCUT2D eigenvalue weighted by Gasteiger charge is 2.34. The van der Waals surface area contributed by atoms with Crippen molar-refractivity contribution in [2.45, 2.75) is 12.1 Å². The van der Waals surface area contributed by atoms with Gasteiger partial charge < -0.3 is 4.57 Å².